The Morgan fingerprint density at radius 3 is 2.64 bits per heavy atom. The number of amides is 1. The smallest absolute Gasteiger partial charge is 0.258 e. The van der Waals surface area contributed by atoms with Gasteiger partial charge in [-0.3, -0.25) is 9.59 Å². The van der Waals surface area contributed by atoms with Crippen LogP contribution < -0.4 is 10.9 Å². The quantitative estimate of drug-likeness (QED) is 0.563. The number of aromatic hydroxyl groups is 1. The monoisotopic (exact) mass is 359 g/mol. The fourth-order valence-corrected chi connectivity index (χ4v) is 3.79. The lowest BCUT2D eigenvalue weighted by molar-refractivity contribution is -0.113. The van der Waals surface area contributed by atoms with Crippen molar-refractivity contribution in [3.8, 4) is 5.88 Å². The van der Waals surface area contributed by atoms with Gasteiger partial charge in [-0.15, -0.1) is 0 Å². The van der Waals surface area contributed by atoms with E-state index >= 15 is 0 Å². The van der Waals surface area contributed by atoms with Crippen LogP contribution >= 0.6 is 11.8 Å². The van der Waals surface area contributed by atoms with Crippen LogP contribution in [0.1, 0.15) is 43.6 Å². The highest BCUT2D eigenvalue weighted by Crippen LogP contribution is 2.34. The zero-order valence-electron chi connectivity index (χ0n) is 13.8. The normalized spacial score (nSPS) is 15.0. The number of carbonyl (C=O) groups is 1. The molecule has 1 aromatic heterocycles. The van der Waals surface area contributed by atoms with E-state index in [1.165, 1.54) is 6.42 Å². The molecule has 1 aromatic carbocycles. The van der Waals surface area contributed by atoms with Gasteiger partial charge in [0.2, 0.25) is 11.8 Å². The molecule has 2 aromatic rings. The van der Waals surface area contributed by atoms with Gasteiger partial charge in [0, 0.05) is 5.69 Å². The highest BCUT2D eigenvalue weighted by atomic mass is 32.2. The van der Waals surface area contributed by atoms with E-state index in [4.69, 9.17) is 0 Å². The minimum Gasteiger partial charge on any atom is -0.493 e. The number of benzene rings is 1. The van der Waals surface area contributed by atoms with Crippen LogP contribution in [0.3, 0.4) is 0 Å². The van der Waals surface area contributed by atoms with Crippen LogP contribution in [-0.4, -0.2) is 26.7 Å². The minimum absolute atomic E-state index is 0.0745. The van der Waals surface area contributed by atoms with E-state index < -0.39 is 0 Å². The SMILES string of the molecule is O=C(CSc1nc(O)c(C2CCCCC2)c(=O)[nH]1)Nc1ccccc1. The number of aromatic nitrogens is 2. The first-order valence-electron chi connectivity index (χ1n) is 8.44. The molecule has 1 saturated carbocycles. The van der Waals surface area contributed by atoms with Gasteiger partial charge in [-0.2, -0.15) is 4.98 Å². The third kappa shape index (κ3) is 4.63. The van der Waals surface area contributed by atoms with Gasteiger partial charge >= 0.3 is 0 Å². The van der Waals surface area contributed by atoms with E-state index in [0.29, 0.717) is 11.3 Å². The molecule has 0 radical (unpaired) electrons. The summed E-state index contributed by atoms with van der Waals surface area (Å²) in [6.07, 6.45) is 5.13. The number of nitrogens with one attached hydrogen (secondary N) is 2. The predicted molar refractivity (Wildman–Crippen MR) is 98.1 cm³/mol. The van der Waals surface area contributed by atoms with Gasteiger partial charge in [0.25, 0.3) is 5.56 Å². The first kappa shape index (κ1) is 17.5. The highest BCUT2D eigenvalue weighted by Gasteiger charge is 2.23. The molecule has 0 bridgehead atoms. The predicted octanol–water partition coefficient (Wildman–Crippen LogP) is 3.25. The van der Waals surface area contributed by atoms with Crippen molar-refractivity contribution in [1.82, 2.24) is 9.97 Å². The van der Waals surface area contributed by atoms with Gasteiger partial charge in [-0.25, -0.2) is 0 Å². The third-order valence-electron chi connectivity index (χ3n) is 4.32. The second kappa shape index (κ2) is 8.20. The Morgan fingerprint density at radius 1 is 1.24 bits per heavy atom. The second-order valence-electron chi connectivity index (χ2n) is 6.15. The molecule has 132 valence electrons. The molecule has 0 aliphatic heterocycles. The number of carbonyl (C=O) groups excluding carboxylic acids is 1. The molecule has 1 heterocycles. The number of thioether (sulfide) groups is 1. The number of aromatic amines is 1. The summed E-state index contributed by atoms with van der Waals surface area (Å²) in [7, 11) is 0. The molecule has 3 N–H and O–H groups in total. The van der Waals surface area contributed by atoms with Crippen molar-refractivity contribution in [3.05, 3.63) is 46.2 Å². The zero-order valence-corrected chi connectivity index (χ0v) is 14.6. The van der Waals surface area contributed by atoms with E-state index in [9.17, 15) is 14.7 Å². The summed E-state index contributed by atoms with van der Waals surface area (Å²) in [5.74, 6) is -0.234. The van der Waals surface area contributed by atoms with Crippen LogP contribution in [0.4, 0.5) is 5.69 Å². The Labute approximate surface area is 150 Å². The number of nitrogens with zero attached hydrogens (tertiary/aromatic N) is 1. The Kier molecular flexibility index (Phi) is 5.75. The maximum atomic E-state index is 12.3. The topological polar surface area (TPSA) is 95.1 Å². The molecule has 7 heteroatoms. The summed E-state index contributed by atoms with van der Waals surface area (Å²) in [6, 6.07) is 9.14. The summed E-state index contributed by atoms with van der Waals surface area (Å²) >= 11 is 1.09. The van der Waals surface area contributed by atoms with Gasteiger partial charge < -0.3 is 15.4 Å². The largest absolute Gasteiger partial charge is 0.493 e. The van der Waals surface area contributed by atoms with E-state index in [-0.39, 0.29) is 34.2 Å². The molecule has 1 amide bonds. The van der Waals surface area contributed by atoms with E-state index in [0.717, 1.165) is 37.4 Å². The van der Waals surface area contributed by atoms with Crippen molar-refractivity contribution in [2.24, 2.45) is 0 Å². The summed E-state index contributed by atoms with van der Waals surface area (Å²) in [4.78, 5) is 31.0. The van der Waals surface area contributed by atoms with Crippen LogP contribution in [0.15, 0.2) is 40.3 Å². The van der Waals surface area contributed by atoms with Crippen molar-refractivity contribution in [1.29, 1.82) is 0 Å². The fourth-order valence-electron chi connectivity index (χ4n) is 3.13. The van der Waals surface area contributed by atoms with Crippen LogP contribution in [0, 0.1) is 0 Å². The van der Waals surface area contributed by atoms with Crippen LogP contribution in [0.5, 0.6) is 5.88 Å². The Bertz CT molecular complexity index is 786. The van der Waals surface area contributed by atoms with Crippen molar-refractivity contribution >= 4 is 23.4 Å². The summed E-state index contributed by atoms with van der Waals surface area (Å²) in [6.45, 7) is 0. The summed E-state index contributed by atoms with van der Waals surface area (Å²) < 4.78 is 0. The molecule has 1 fully saturated rings. The summed E-state index contributed by atoms with van der Waals surface area (Å²) in [5.41, 5.74) is 0.799. The molecule has 1 aliphatic rings. The number of hydrogen-bond donors (Lipinski definition) is 3. The maximum absolute atomic E-state index is 12.3. The lowest BCUT2D eigenvalue weighted by atomic mass is 9.85. The maximum Gasteiger partial charge on any atom is 0.258 e. The lowest BCUT2D eigenvalue weighted by Gasteiger charge is -2.21. The fraction of sp³-hybridized carbons (Fsp3) is 0.389. The van der Waals surface area contributed by atoms with Crippen LogP contribution in [0.25, 0.3) is 0 Å². The Hall–Kier alpha value is -2.28. The summed E-state index contributed by atoms with van der Waals surface area (Å²) in [5, 5.41) is 13.2. The number of para-hydroxylation sites is 1. The van der Waals surface area contributed by atoms with Crippen LogP contribution in [0.2, 0.25) is 0 Å². The van der Waals surface area contributed by atoms with Crippen molar-refractivity contribution in [2.75, 3.05) is 11.1 Å². The molecule has 0 atom stereocenters. The molecule has 0 unspecified atom stereocenters. The second-order valence-corrected chi connectivity index (χ2v) is 7.11. The number of hydrogen-bond acceptors (Lipinski definition) is 5. The average Bonchev–Trinajstić information content (AvgIpc) is 2.61. The van der Waals surface area contributed by atoms with Crippen molar-refractivity contribution in [3.63, 3.8) is 0 Å². The standard InChI is InChI=1S/C18H21N3O3S/c22-14(19-13-9-5-2-6-10-13)11-25-18-20-16(23)15(17(24)21-18)12-7-3-1-4-8-12/h2,5-6,9-10,12H,1,3-4,7-8,11H2,(H,19,22)(H2,20,21,23,24). The van der Waals surface area contributed by atoms with E-state index in [2.05, 4.69) is 15.3 Å². The van der Waals surface area contributed by atoms with Gasteiger partial charge in [-0.05, 0) is 30.9 Å². The third-order valence-corrected chi connectivity index (χ3v) is 5.20. The number of rotatable bonds is 5. The van der Waals surface area contributed by atoms with Crippen LogP contribution in [-0.2, 0) is 4.79 Å². The molecule has 0 spiro atoms. The van der Waals surface area contributed by atoms with Gasteiger partial charge in [0.05, 0.1) is 11.3 Å². The molecular weight excluding hydrogens is 338 g/mol. The van der Waals surface area contributed by atoms with E-state index in [1.807, 2.05) is 18.2 Å². The highest BCUT2D eigenvalue weighted by molar-refractivity contribution is 7.99. The van der Waals surface area contributed by atoms with E-state index in [1.54, 1.807) is 12.1 Å². The first-order valence-corrected chi connectivity index (χ1v) is 9.43. The molecular formula is C18H21N3O3S. The molecule has 25 heavy (non-hydrogen) atoms. The first-order chi connectivity index (χ1) is 12.1. The molecule has 1 aliphatic carbocycles. The van der Waals surface area contributed by atoms with Gasteiger partial charge in [-0.1, -0.05) is 49.2 Å². The molecule has 6 nitrogen and oxygen atoms in total. The number of H-pyrrole nitrogens is 1. The van der Waals surface area contributed by atoms with Gasteiger partial charge in [0.15, 0.2) is 5.16 Å². The Morgan fingerprint density at radius 2 is 1.96 bits per heavy atom. The lowest BCUT2D eigenvalue weighted by Crippen LogP contribution is -2.21. The van der Waals surface area contributed by atoms with Crippen molar-refractivity contribution in [2.45, 2.75) is 43.2 Å². The van der Waals surface area contributed by atoms with Gasteiger partial charge in [0.1, 0.15) is 0 Å². The molecule has 3 rings (SSSR count). The minimum atomic E-state index is -0.301. The zero-order chi connectivity index (χ0) is 17.6. The number of anilines is 1. The molecule has 0 saturated heterocycles. The van der Waals surface area contributed by atoms with Crippen molar-refractivity contribution < 1.29 is 9.90 Å². The average molecular weight is 359 g/mol. The Balaban J connectivity index is 1.63.